The Kier molecular flexibility index (Phi) is 15.6. The minimum atomic E-state index is -5.59. The lowest BCUT2D eigenvalue weighted by molar-refractivity contribution is -0.137. The second kappa shape index (κ2) is 19.2. The van der Waals surface area contributed by atoms with Gasteiger partial charge in [0.05, 0.1) is 25.1 Å². The molecule has 1 aliphatic heterocycles. The van der Waals surface area contributed by atoms with E-state index in [9.17, 15) is 68.1 Å². The number of rotatable bonds is 20. The van der Waals surface area contributed by atoms with E-state index in [2.05, 4.69) is 34.4 Å². The van der Waals surface area contributed by atoms with Crippen LogP contribution >= 0.6 is 35.2 Å². The largest absolute Gasteiger partial charge is 0.508 e. The van der Waals surface area contributed by atoms with Crippen LogP contribution in [0.5, 0.6) is 11.5 Å². The number of imidazole rings is 1. The molecule has 1 saturated heterocycles. The first-order valence-electron chi connectivity index (χ1n) is 16.5. The Balaban J connectivity index is 1.23. The zero-order valence-corrected chi connectivity index (χ0v) is 33.7. The van der Waals surface area contributed by atoms with Gasteiger partial charge in [-0.2, -0.15) is 4.31 Å². The molecule has 2 amide bonds. The number of phosphoric ester groups is 3. The number of phosphoric acid groups is 3. The molecule has 58 heavy (non-hydrogen) atoms. The molecule has 0 bridgehead atoms. The molecule has 0 spiro atoms. The lowest BCUT2D eigenvalue weighted by Crippen LogP contribution is -2.46. The van der Waals surface area contributed by atoms with E-state index in [4.69, 9.17) is 19.5 Å². The number of carbonyl (C=O) groups excluding carboxylic acids is 3. The van der Waals surface area contributed by atoms with Gasteiger partial charge < -0.3 is 61.1 Å². The minimum absolute atomic E-state index is 0.0187. The van der Waals surface area contributed by atoms with E-state index < -0.39 is 89.7 Å². The van der Waals surface area contributed by atoms with Crippen molar-refractivity contribution in [3.05, 3.63) is 36.4 Å². The molecule has 322 valence electrons. The number of carbonyl (C=O) groups is 3. The number of nitrogen functional groups attached to an aromatic ring is 1. The van der Waals surface area contributed by atoms with Crippen molar-refractivity contribution in [2.45, 2.75) is 50.9 Å². The maximum Gasteiger partial charge on any atom is 0.481 e. The van der Waals surface area contributed by atoms with Crippen LogP contribution in [0.25, 0.3) is 11.2 Å². The van der Waals surface area contributed by atoms with E-state index in [0.29, 0.717) is 0 Å². The fourth-order valence-corrected chi connectivity index (χ4v) is 8.58. The maximum absolute atomic E-state index is 12.7. The van der Waals surface area contributed by atoms with E-state index in [1.165, 1.54) is 19.9 Å². The number of aliphatic hydroxyl groups excluding tert-OH is 2. The second-order valence-electron chi connectivity index (χ2n) is 12.9. The highest BCUT2D eigenvalue weighted by Gasteiger charge is 2.50. The van der Waals surface area contributed by atoms with Gasteiger partial charge in [-0.3, -0.25) is 32.5 Å². The molecule has 0 radical (unpaired) electrons. The Labute approximate surface area is 331 Å². The van der Waals surface area contributed by atoms with Crippen molar-refractivity contribution in [3.63, 3.8) is 0 Å². The number of phenolic OH excluding ortho intramolecular Hbond substituents is 2. The zero-order valence-electron chi connectivity index (χ0n) is 30.2. The number of hydrogen-bond donors (Lipinski definition) is 11. The number of hydrogen-bond acceptors (Lipinski definition) is 20. The lowest BCUT2D eigenvalue weighted by atomic mass is 9.87. The summed E-state index contributed by atoms with van der Waals surface area (Å²) in [5.74, 6) is -2.04. The van der Waals surface area contributed by atoms with Gasteiger partial charge in [0.25, 0.3) is 0 Å². The fourth-order valence-electron chi connectivity index (χ4n) is 5.04. The van der Waals surface area contributed by atoms with Crippen LogP contribution in [0, 0.1) is 5.41 Å². The highest BCUT2D eigenvalue weighted by Crippen LogP contribution is 2.61. The Bertz CT molecular complexity index is 2120. The summed E-state index contributed by atoms with van der Waals surface area (Å²) in [5.41, 5.74) is 4.09. The Morgan fingerprint density at radius 3 is 2.41 bits per heavy atom. The summed E-state index contributed by atoms with van der Waals surface area (Å²) in [6, 6.07) is 3.46. The van der Waals surface area contributed by atoms with E-state index in [-0.39, 0.29) is 59.3 Å². The number of ether oxygens (including phenoxy) is 1. The van der Waals surface area contributed by atoms with Crippen LogP contribution in [0.4, 0.5) is 5.82 Å². The SMILES string of the molecule is CC(C)(COP(=O)(O)OP(=O)(O)OC[C@H]1O[C@@H](n2cnc3c(N)ncnc32)[C@H](O)[C@@H]1OP(=O)(O)O)[C@@H](O)C(=O)NCCC(=O)NCCSC(=O)c1cc(O)ccc1O. The standard InChI is InChI=1S/C28H40N7O19P3S/c1-28(2,22(40)25(41)31-6-5-18(38)30-7-8-58-27(42)15-9-14(36)3-4-16(15)37)11-51-57(48,49)54-56(46,47)50-10-17-21(53-55(43,44)45)20(39)26(52-17)35-13-34-19-23(29)32-12-33-24(19)35/h3-4,9,12-13,17,20-22,26,36-37,39-40H,5-8,10-11H2,1-2H3,(H,30,38)(H,31,41)(H,46,47)(H,48,49)(H2,29,32,33)(H2,43,44,45)/t17-,20-,21-,22+,26-/m1/s1. The maximum atomic E-state index is 12.7. The summed E-state index contributed by atoms with van der Waals surface area (Å²) >= 11 is 0.775. The molecule has 3 aromatic rings. The normalized spacial score (nSPS) is 21.2. The summed E-state index contributed by atoms with van der Waals surface area (Å²) < 4.78 is 62.0. The highest BCUT2D eigenvalue weighted by molar-refractivity contribution is 8.14. The van der Waals surface area contributed by atoms with Crippen molar-refractivity contribution in [3.8, 4) is 11.5 Å². The quantitative estimate of drug-likeness (QED) is 0.0383. The van der Waals surface area contributed by atoms with Gasteiger partial charge in [0.1, 0.15) is 47.8 Å². The third kappa shape index (κ3) is 12.9. The number of thioether (sulfide) groups is 1. The first-order chi connectivity index (χ1) is 26.9. The molecule has 26 nitrogen and oxygen atoms in total. The smallest absolute Gasteiger partial charge is 0.481 e. The van der Waals surface area contributed by atoms with Crippen LogP contribution in [0.15, 0.2) is 30.9 Å². The number of phenols is 2. The third-order valence-corrected chi connectivity index (χ3v) is 11.9. The Morgan fingerprint density at radius 2 is 1.72 bits per heavy atom. The molecule has 0 aliphatic carbocycles. The summed E-state index contributed by atoms with van der Waals surface area (Å²) in [6.07, 6.45) is -7.13. The molecule has 7 atom stereocenters. The molecule has 0 saturated carbocycles. The predicted octanol–water partition coefficient (Wildman–Crippen LogP) is -0.610. The molecule has 3 heterocycles. The number of amides is 2. The summed E-state index contributed by atoms with van der Waals surface area (Å²) in [4.78, 5) is 87.8. The van der Waals surface area contributed by atoms with Crippen LogP contribution in [0.1, 0.15) is 36.9 Å². The average Bonchev–Trinajstić information content (AvgIpc) is 3.69. The number of aliphatic hydroxyl groups is 2. The van der Waals surface area contributed by atoms with Gasteiger partial charge in [-0.05, 0) is 18.2 Å². The van der Waals surface area contributed by atoms with Crippen molar-refractivity contribution in [2.75, 3.05) is 37.8 Å². The molecule has 1 fully saturated rings. The number of aromatic hydroxyl groups is 2. The topological polar surface area (TPSA) is 404 Å². The van der Waals surface area contributed by atoms with Crippen molar-refractivity contribution >= 4 is 69.1 Å². The van der Waals surface area contributed by atoms with Crippen molar-refractivity contribution in [2.24, 2.45) is 5.41 Å². The van der Waals surface area contributed by atoms with E-state index in [1.807, 2.05) is 0 Å². The number of aromatic nitrogens is 4. The van der Waals surface area contributed by atoms with Gasteiger partial charge in [-0.25, -0.2) is 28.6 Å². The number of nitrogens with zero attached hydrogens (tertiary/aromatic N) is 4. The van der Waals surface area contributed by atoms with Crippen molar-refractivity contribution in [1.29, 1.82) is 0 Å². The highest BCUT2D eigenvalue weighted by atomic mass is 32.2. The van der Waals surface area contributed by atoms with E-state index >= 15 is 0 Å². The minimum Gasteiger partial charge on any atom is -0.508 e. The number of fused-ring (bicyclic) bond motifs is 1. The molecule has 1 aromatic carbocycles. The zero-order chi connectivity index (χ0) is 43.2. The third-order valence-electron chi connectivity index (χ3n) is 7.93. The first-order valence-corrected chi connectivity index (χ1v) is 22.0. The molecule has 4 rings (SSSR count). The molecule has 2 unspecified atom stereocenters. The molecule has 12 N–H and O–H groups in total. The van der Waals surface area contributed by atoms with Crippen LogP contribution in [-0.4, -0.2) is 133 Å². The van der Waals surface area contributed by atoms with Gasteiger partial charge in [0.2, 0.25) is 16.9 Å². The van der Waals surface area contributed by atoms with Gasteiger partial charge in [-0.1, -0.05) is 25.6 Å². The summed E-state index contributed by atoms with van der Waals surface area (Å²) in [5, 5.41) is 45.0. The van der Waals surface area contributed by atoms with Gasteiger partial charge in [-0.15, -0.1) is 0 Å². The van der Waals surface area contributed by atoms with Crippen molar-refractivity contribution in [1.82, 2.24) is 30.2 Å². The van der Waals surface area contributed by atoms with E-state index in [0.717, 1.165) is 41.1 Å². The van der Waals surface area contributed by atoms with Crippen LogP contribution in [-0.2, 0) is 45.9 Å². The monoisotopic (exact) mass is 903 g/mol. The summed E-state index contributed by atoms with van der Waals surface area (Å²) in [7, 11) is -16.5. The Morgan fingerprint density at radius 1 is 1.03 bits per heavy atom. The van der Waals surface area contributed by atoms with Crippen LogP contribution in [0.3, 0.4) is 0 Å². The Hall–Kier alpha value is -3.62. The first kappa shape index (κ1) is 47.1. The molecule has 1 aliphatic rings. The average molecular weight is 904 g/mol. The van der Waals surface area contributed by atoms with Gasteiger partial charge in [0, 0.05) is 30.7 Å². The fraction of sp³-hybridized carbons (Fsp3) is 0.500. The lowest BCUT2D eigenvalue weighted by Gasteiger charge is -2.30. The van der Waals surface area contributed by atoms with Gasteiger partial charge in [0.15, 0.2) is 17.7 Å². The van der Waals surface area contributed by atoms with Gasteiger partial charge >= 0.3 is 23.5 Å². The number of nitrogens with two attached hydrogens (primary N) is 1. The second-order valence-corrected chi connectivity index (χ2v) is 18.2. The molecular weight excluding hydrogens is 863 g/mol. The number of anilines is 1. The number of nitrogens with one attached hydrogen (secondary N) is 2. The van der Waals surface area contributed by atoms with Crippen molar-refractivity contribution < 1.29 is 90.7 Å². The predicted molar refractivity (Wildman–Crippen MR) is 196 cm³/mol. The molecular formula is C28H40N7O19P3S. The van der Waals surface area contributed by atoms with E-state index in [1.54, 1.807) is 0 Å². The summed E-state index contributed by atoms with van der Waals surface area (Å²) in [6.45, 7) is 0.140. The number of benzene rings is 1. The van der Waals surface area contributed by atoms with Crippen LogP contribution in [0.2, 0.25) is 0 Å². The molecule has 2 aromatic heterocycles. The molecule has 30 heteroatoms. The van der Waals surface area contributed by atoms with Crippen LogP contribution < -0.4 is 16.4 Å².